The molecule has 1 aromatic carbocycles. The minimum Gasteiger partial charge on any atom is -0.490 e. The summed E-state index contributed by atoms with van der Waals surface area (Å²) in [5.41, 5.74) is 0.588. The molecule has 2 rings (SSSR count). The summed E-state index contributed by atoms with van der Waals surface area (Å²) < 4.78 is 10.6. The molecule has 0 aliphatic carbocycles. The molecular formula is C15H15ClN2O6. The van der Waals surface area contributed by atoms with Crippen molar-refractivity contribution >= 4 is 35.6 Å². The first-order valence-electron chi connectivity index (χ1n) is 6.95. The van der Waals surface area contributed by atoms with Crippen LogP contribution in [0.4, 0.5) is 4.79 Å². The van der Waals surface area contributed by atoms with Gasteiger partial charge in [0.1, 0.15) is 5.70 Å². The van der Waals surface area contributed by atoms with Gasteiger partial charge in [-0.1, -0.05) is 11.6 Å². The molecule has 0 unspecified atom stereocenters. The Kier molecular flexibility index (Phi) is 5.30. The summed E-state index contributed by atoms with van der Waals surface area (Å²) in [6, 6.07) is 2.49. The van der Waals surface area contributed by atoms with Crippen LogP contribution < -0.4 is 14.8 Å². The van der Waals surface area contributed by atoms with E-state index in [1.54, 1.807) is 6.92 Å². The average Bonchev–Trinajstić information content (AvgIpc) is 2.74. The third-order valence-electron chi connectivity index (χ3n) is 3.06. The van der Waals surface area contributed by atoms with Crippen molar-refractivity contribution in [3.8, 4) is 11.5 Å². The second-order valence-electron chi connectivity index (χ2n) is 4.80. The number of carboxylic acids is 1. The summed E-state index contributed by atoms with van der Waals surface area (Å²) in [5, 5.41) is 11.3. The Bertz CT molecular complexity index is 731. The normalized spacial score (nSPS) is 15.6. The minimum atomic E-state index is -1.15. The van der Waals surface area contributed by atoms with E-state index in [1.807, 2.05) is 0 Å². The summed E-state index contributed by atoms with van der Waals surface area (Å²) in [7, 11) is 1.36. The summed E-state index contributed by atoms with van der Waals surface area (Å²) >= 11 is 6.12. The fourth-order valence-corrected chi connectivity index (χ4v) is 2.27. The van der Waals surface area contributed by atoms with E-state index in [9.17, 15) is 14.4 Å². The van der Waals surface area contributed by atoms with Crippen LogP contribution in [0, 0.1) is 0 Å². The first kappa shape index (κ1) is 17.6. The highest BCUT2D eigenvalue weighted by Crippen LogP contribution is 2.37. The lowest BCUT2D eigenvalue weighted by Crippen LogP contribution is -2.25. The smallest absolute Gasteiger partial charge is 0.341 e. The first-order valence-corrected chi connectivity index (χ1v) is 7.33. The number of hydrogen-bond donors (Lipinski definition) is 2. The van der Waals surface area contributed by atoms with Crippen LogP contribution in [-0.4, -0.2) is 48.2 Å². The molecule has 1 aliphatic rings. The van der Waals surface area contributed by atoms with Crippen molar-refractivity contribution in [2.45, 2.75) is 6.92 Å². The summed E-state index contributed by atoms with van der Waals surface area (Å²) in [6.45, 7) is 1.48. The zero-order chi connectivity index (χ0) is 17.9. The molecule has 0 bridgehead atoms. The standard InChI is InChI=1S/C15H15ClN2O6/c1-3-23-11-6-8(4-9(16)13(11)24-7-12(19)20)5-10-14(21)18(2)15(22)17-10/h4-6H,3,7H2,1-2H3,(H,17,22)(H,19,20)/b10-5+. The third-order valence-corrected chi connectivity index (χ3v) is 3.34. The number of nitrogens with one attached hydrogen (secondary N) is 1. The number of urea groups is 1. The highest BCUT2D eigenvalue weighted by atomic mass is 35.5. The molecule has 1 aliphatic heterocycles. The van der Waals surface area contributed by atoms with Crippen LogP contribution in [0.25, 0.3) is 6.08 Å². The van der Waals surface area contributed by atoms with Gasteiger partial charge in [0.05, 0.1) is 11.6 Å². The predicted molar refractivity (Wildman–Crippen MR) is 85.0 cm³/mol. The average molecular weight is 355 g/mol. The number of amides is 3. The van der Waals surface area contributed by atoms with Crippen molar-refractivity contribution in [2.24, 2.45) is 0 Å². The maximum atomic E-state index is 11.9. The van der Waals surface area contributed by atoms with E-state index in [4.69, 9.17) is 26.2 Å². The Labute approximate surface area is 142 Å². The molecule has 0 radical (unpaired) electrons. The highest BCUT2D eigenvalue weighted by molar-refractivity contribution is 6.32. The lowest BCUT2D eigenvalue weighted by Gasteiger charge is -2.13. The number of likely N-dealkylation sites (N-methyl/N-ethyl adjacent to an activating group) is 1. The predicted octanol–water partition coefficient (Wildman–Crippen LogP) is 1.72. The van der Waals surface area contributed by atoms with Gasteiger partial charge < -0.3 is 19.9 Å². The second-order valence-corrected chi connectivity index (χ2v) is 5.20. The fourth-order valence-electron chi connectivity index (χ4n) is 2.00. The van der Waals surface area contributed by atoms with Crippen LogP contribution in [0.5, 0.6) is 11.5 Å². The number of carbonyl (C=O) groups is 3. The van der Waals surface area contributed by atoms with Crippen molar-refractivity contribution in [3.63, 3.8) is 0 Å². The molecule has 9 heteroatoms. The lowest BCUT2D eigenvalue weighted by molar-refractivity contribution is -0.139. The number of ether oxygens (including phenoxy) is 2. The van der Waals surface area contributed by atoms with E-state index in [1.165, 1.54) is 25.3 Å². The van der Waals surface area contributed by atoms with Gasteiger partial charge in [0.25, 0.3) is 5.91 Å². The van der Waals surface area contributed by atoms with Crippen molar-refractivity contribution < 1.29 is 29.0 Å². The number of benzene rings is 1. The van der Waals surface area contributed by atoms with E-state index in [-0.39, 0.29) is 22.2 Å². The number of carboxylic acid groups (broad SMARTS) is 1. The molecule has 0 spiro atoms. The van der Waals surface area contributed by atoms with Gasteiger partial charge in [-0.2, -0.15) is 0 Å². The maximum Gasteiger partial charge on any atom is 0.341 e. The molecule has 128 valence electrons. The summed E-state index contributed by atoms with van der Waals surface area (Å²) in [4.78, 5) is 34.9. The van der Waals surface area contributed by atoms with Gasteiger partial charge in [-0.15, -0.1) is 0 Å². The lowest BCUT2D eigenvalue weighted by atomic mass is 10.1. The molecule has 2 N–H and O–H groups in total. The first-order chi connectivity index (χ1) is 11.3. The molecule has 0 aromatic heterocycles. The van der Waals surface area contributed by atoms with Crippen molar-refractivity contribution in [1.82, 2.24) is 10.2 Å². The van der Waals surface area contributed by atoms with Crippen molar-refractivity contribution in [2.75, 3.05) is 20.3 Å². The number of halogens is 1. The number of imide groups is 1. The van der Waals surface area contributed by atoms with Crippen LogP contribution >= 0.6 is 11.6 Å². The number of nitrogens with zero attached hydrogens (tertiary/aromatic N) is 1. The van der Waals surface area contributed by atoms with Gasteiger partial charge in [-0.25, -0.2) is 9.59 Å². The molecule has 8 nitrogen and oxygen atoms in total. The van der Waals surface area contributed by atoms with E-state index >= 15 is 0 Å². The monoisotopic (exact) mass is 354 g/mol. The van der Waals surface area contributed by atoms with Crippen molar-refractivity contribution in [1.29, 1.82) is 0 Å². The number of carbonyl (C=O) groups excluding carboxylic acids is 2. The molecule has 1 heterocycles. The minimum absolute atomic E-state index is 0.0974. The van der Waals surface area contributed by atoms with E-state index in [0.29, 0.717) is 12.2 Å². The van der Waals surface area contributed by atoms with Crippen LogP contribution in [0.1, 0.15) is 12.5 Å². The van der Waals surface area contributed by atoms with Gasteiger partial charge in [-0.3, -0.25) is 9.69 Å². The highest BCUT2D eigenvalue weighted by Gasteiger charge is 2.30. The van der Waals surface area contributed by atoms with E-state index < -0.39 is 24.5 Å². The molecule has 1 aromatic rings. The Morgan fingerprint density at radius 1 is 1.38 bits per heavy atom. The molecular weight excluding hydrogens is 340 g/mol. The molecule has 1 fully saturated rings. The third kappa shape index (κ3) is 3.77. The zero-order valence-electron chi connectivity index (χ0n) is 13.0. The molecule has 3 amide bonds. The van der Waals surface area contributed by atoms with Crippen LogP contribution in [-0.2, 0) is 9.59 Å². The van der Waals surface area contributed by atoms with Gasteiger partial charge in [0.2, 0.25) is 0 Å². The summed E-state index contributed by atoms with van der Waals surface area (Å²) in [6.07, 6.45) is 1.44. The maximum absolute atomic E-state index is 11.9. The van der Waals surface area contributed by atoms with E-state index in [2.05, 4.69) is 5.32 Å². The Morgan fingerprint density at radius 2 is 2.08 bits per heavy atom. The largest absolute Gasteiger partial charge is 0.490 e. The molecule has 1 saturated heterocycles. The van der Waals surface area contributed by atoms with Crippen LogP contribution in [0.2, 0.25) is 5.02 Å². The van der Waals surface area contributed by atoms with Crippen LogP contribution in [0.3, 0.4) is 0 Å². The summed E-state index contributed by atoms with van der Waals surface area (Å²) in [5.74, 6) is -1.28. The van der Waals surface area contributed by atoms with Crippen LogP contribution in [0.15, 0.2) is 17.8 Å². The van der Waals surface area contributed by atoms with Crippen molar-refractivity contribution in [3.05, 3.63) is 28.4 Å². The molecule has 0 atom stereocenters. The fraction of sp³-hybridized carbons (Fsp3) is 0.267. The Hall–Kier alpha value is -2.74. The Balaban J connectivity index is 2.37. The molecule has 0 saturated carbocycles. The van der Waals surface area contributed by atoms with Gasteiger partial charge in [-0.05, 0) is 30.7 Å². The van der Waals surface area contributed by atoms with Gasteiger partial charge in [0, 0.05) is 7.05 Å². The number of rotatable bonds is 6. The number of aliphatic carboxylic acids is 1. The van der Waals surface area contributed by atoms with E-state index in [0.717, 1.165) is 4.90 Å². The SMILES string of the molecule is CCOc1cc(/C=C2/NC(=O)N(C)C2=O)cc(Cl)c1OCC(=O)O. The molecule has 24 heavy (non-hydrogen) atoms. The zero-order valence-corrected chi connectivity index (χ0v) is 13.7. The quantitative estimate of drug-likeness (QED) is 0.595. The second kappa shape index (κ2) is 7.22. The van der Waals surface area contributed by atoms with Gasteiger partial charge >= 0.3 is 12.0 Å². The topological polar surface area (TPSA) is 105 Å². The van der Waals surface area contributed by atoms with Gasteiger partial charge in [0.15, 0.2) is 18.1 Å². The number of hydrogen-bond acceptors (Lipinski definition) is 5. The Morgan fingerprint density at radius 3 is 2.62 bits per heavy atom.